The molecule has 1 aromatic carbocycles. The summed E-state index contributed by atoms with van der Waals surface area (Å²) in [5.74, 6) is 0. The Morgan fingerprint density at radius 2 is 1.78 bits per heavy atom. The van der Waals surface area contributed by atoms with Gasteiger partial charge in [0.05, 0.1) is 0 Å². The molecule has 1 rings (SSSR count). The molecule has 0 saturated heterocycles. The summed E-state index contributed by atoms with van der Waals surface area (Å²) < 4.78 is 6.28. The highest BCUT2D eigenvalue weighted by molar-refractivity contribution is 6.53. The fraction of sp³-hybridized carbons (Fsp3) is 0.375. The van der Waals surface area contributed by atoms with Gasteiger partial charge >= 0.3 is 0 Å². The van der Waals surface area contributed by atoms with Gasteiger partial charge in [0, 0.05) is 6.10 Å². The average Bonchev–Trinajstić information content (AvgIpc) is 2.39. The lowest BCUT2D eigenvalue weighted by Crippen LogP contribution is -2.26. The topological polar surface area (TPSA) is 9.23 Å². The first-order chi connectivity index (χ1) is 8.80. The van der Waals surface area contributed by atoms with Crippen LogP contribution in [0.3, 0.4) is 0 Å². The van der Waals surface area contributed by atoms with Crippen molar-refractivity contribution in [2.75, 3.05) is 0 Å². The van der Waals surface area contributed by atoms with Crippen LogP contribution < -0.4 is 0 Å². The maximum atomic E-state index is 6.28. The monoisotopic (exact) mass is 260 g/mol. The normalized spacial score (nSPS) is 12.3. The van der Waals surface area contributed by atoms with Gasteiger partial charge in [-0.3, -0.25) is 0 Å². The fourth-order valence-electron chi connectivity index (χ4n) is 2.02. The Labute approximate surface area is 113 Å². The van der Waals surface area contributed by atoms with Crippen molar-refractivity contribution in [3.8, 4) is 0 Å². The van der Waals surface area contributed by atoms with Crippen LogP contribution in [0.2, 0.25) is 12.1 Å². The van der Waals surface area contributed by atoms with Crippen molar-refractivity contribution >= 4 is 9.04 Å². The lowest BCUT2D eigenvalue weighted by atomic mass is 10.1. The first-order valence-corrected chi connectivity index (χ1v) is 8.81. The Morgan fingerprint density at radius 3 is 2.28 bits per heavy atom. The molecule has 0 heterocycles. The van der Waals surface area contributed by atoms with E-state index in [9.17, 15) is 0 Å². The summed E-state index contributed by atoms with van der Waals surface area (Å²) in [5, 5.41) is 0. The fourth-order valence-corrected chi connectivity index (χ4v) is 4.01. The molecule has 1 nitrogen and oxygen atoms in total. The van der Waals surface area contributed by atoms with E-state index >= 15 is 0 Å². The molecular weight excluding hydrogens is 236 g/mol. The Bertz CT molecular complexity index is 337. The second kappa shape index (κ2) is 8.89. The molecule has 0 N–H and O–H groups in total. The lowest BCUT2D eigenvalue weighted by molar-refractivity contribution is 0.197. The summed E-state index contributed by atoms with van der Waals surface area (Å²) in [7, 11) is -1.19. The third-order valence-corrected chi connectivity index (χ3v) is 5.49. The molecule has 98 valence electrons. The second-order valence-electron chi connectivity index (χ2n) is 4.53. The van der Waals surface area contributed by atoms with Gasteiger partial charge in [0.2, 0.25) is 0 Å². The molecule has 0 amide bonds. The molecule has 0 fully saturated rings. The number of rotatable bonds is 9. The van der Waals surface area contributed by atoms with Crippen molar-refractivity contribution in [1.82, 2.24) is 0 Å². The first kappa shape index (κ1) is 14.9. The van der Waals surface area contributed by atoms with Crippen LogP contribution in [0.15, 0.2) is 55.6 Å². The Morgan fingerprint density at radius 1 is 1.17 bits per heavy atom. The smallest absolute Gasteiger partial charge is 0.184 e. The number of benzene rings is 1. The van der Waals surface area contributed by atoms with E-state index < -0.39 is 9.04 Å². The molecule has 0 aliphatic carbocycles. The third-order valence-electron chi connectivity index (χ3n) is 3.01. The predicted molar refractivity (Wildman–Crippen MR) is 82.5 cm³/mol. The molecule has 0 bridgehead atoms. The van der Waals surface area contributed by atoms with Crippen LogP contribution in [0.5, 0.6) is 0 Å². The highest BCUT2D eigenvalue weighted by atomic mass is 28.3. The van der Waals surface area contributed by atoms with E-state index in [1.54, 1.807) is 0 Å². The summed E-state index contributed by atoms with van der Waals surface area (Å²) in [6, 6.07) is 12.6. The molecule has 0 radical (unpaired) electrons. The third kappa shape index (κ3) is 5.47. The molecule has 1 atom stereocenters. The summed E-state index contributed by atoms with van der Waals surface area (Å²) in [6.07, 6.45) is 6.37. The van der Waals surface area contributed by atoms with Crippen LogP contribution in [0.1, 0.15) is 18.9 Å². The van der Waals surface area contributed by atoms with Crippen molar-refractivity contribution in [2.24, 2.45) is 0 Å². The maximum absolute atomic E-state index is 6.28. The summed E-state index contributed by atoms with van der Waals surface area (Å²) in [5.41, 5.74) is 1.36. The largest absolute Gasteiger partial charge is 0.416 e. The predicted octanol–water partition coefficient (Wildman–Crippen LogP) is 4.12. The second-order valence-corrected chi connectivity index (χ2v) is 6.99. The van der Waals surface area contributed by atoms with Crippen LogP contribution >= 0.6 is 0 Å². The lowest BCUT2D eigenvalue weighted by Gasteiger charge is -2.22. The summed E-state index contributed by atoms with van der Waals surface area (Å²) in [4.78, 5) is 0. The van der Waals surface area contributed by atoms with Crippen molar-refractivity contribution < 1.29 is 4.43 Å². The van der Waals surface area contributed by atoms with Gasteiger partial charge in [0.15, 0.2) is 9.04 Å². The van der Waals surface area contributed by atoms with E-state index in [4.69, 9.17) is 4.43 Å². The number of hydrogen-bond donors (Lipinski definition) is 0. The van der Waals surface area contributed by atoms with Crippen LogP contribution in [-0.4, -0.2) is 15.1 Å². The van der Waals surface area contributed by atoms with E-state index in [-0.39, 0.29) is 0 Å². The molecule has 0 saturated carbocycles. The Hall–Kier alpha value is -1.12. The average molecular weight is 260 g/mol. The zero-order chi connectivity index (χ0) is 13.2. The van der Waals surface area contributed by atoms with Gasteiger partial charge in [0.25, 0.3) is 0 Å². The van der Waals surface area contributed by atoms with Gasteiger partial charge in [-0.05, 0) is 30.5 Å². The van der Waals surface area contributed by atoms with Crippen LogP contribution in [-0.2, 0) is 10.8 Å². The first-order valence-electron chi connectivity index (χ1n) is 6.71. The minimum atomic E-state index is -1.19. The molecule has 0 aliphatic rings. The molecule has 0 spiro atoms. The van der Waals surface area contributed by atoms with Crippen molar-refractivity contribution in [3.05, 3.63) is 61.2 Å². The molecule has 0 aliphatic heterocycles. The van der Waals surface area contributed by atoms with Crippen molar-refractivity contribution in [3.63, 3.8) is 0 Å². The Kier molecular flexibility index (Phi) is 7.38. The van der Waals surface area contributed by atoms with E-state index in [0.717, 1.165) is 24.9 Å². The van der Waals surface area contributed by atoms with Gasteiger partial charge in [-0.2, -0.15) is 0 Å². The Balaban J connectivity index is 2.54. The molecule has 1 unspecified atom stereocenters. The van der Waals surface area contributed by atoms with Crippen LogP contribution in [0.4, 0.5) is 0 Å². The van der Waals surface area contributed by atoms with Gasteiger partial charge in [-0.1, -0.05) is 49.4 Å². The van der Waals surface area contributed by atoms with E-state index in [1.807, 2.05) is 12.2 Å². The quantitative estimate of drug-likeness (QED) is 0.479. The standard InChI is InChI=1S/C16H24OSi/c1-4-12-18(13-5-2)17-16(6-3)14-15-10-8-7-9-11-15/h4-5,7-11,16,18H,1-2,6,12-14H2,3H3. The van der Waals surface area contributed by atoms with Crippen LogP contribution in [0.25, 0.3) is 0 Å². The van der Waals surface area contributed by atoms with Gasteiger partial charge in [-0.25, -0.2) is 0 Å². The van der Waals surface area contributed by atoms with E-state index in [0.29, 0.717) is 6.10 Å². The zero-order valence-corrected chi connectivity index (χ0v) is 12.5. The minimum Gasteiger partial charge on any atom is -0.416 e. The summed E-state index contributed by atoms with van der Waals surface area (Å²) in [6.45, 7) is 9.84. The highest BCUT2D eigenvalue weighted by Gasteiger charge is 2.15. The molecule has 2 heteroatoms. The minimum absolute atomic E-state index is 0.337. The zero-order valence-electron chi connectivity index (χ0n) is 11.3. The maximum Gasteiger partial charge on any atom is 0.184 e. The van der Waals surface area contributed by atoms with Gasteiger partial charge in [-0.15, -0.1) is 13.2 Å². The molecule has 1 aromatic rings. The molecule has 0 aromatic heterocycles. The highest BCUT2D eigenvalue weighted by Crippen LogP contribution is 2.13. The number of allylic oxidation sites excluding steroid dienone is 2. The van der Waals surface area contributed by atoms with E-state index in [1.165, 1.54) is 5.56 Å². The van der Waals surface area contributed by atoms with Crippen LogP contribution in [0, 0.1) is 0 Å². The SMILES string of the molecule is C=CC[SiH](CC=C)OC(CC)Cc1ccccc1. The van der Waals surface area contributed by atoms with Crippen molar-refractivity contribution in [2.45, 2.75) is 38.0 Å². The molecular formula is C16H24OSi. The van der Waals surface area contributed by atoms with E-state index in [2.05, 4.69) is 50.4 Å². The van der Waals surface area contributed by atoms with Gasteiger partial charge in [0.1, 0.15) is 0 Å². The van der Waals surface area contributed by atoms with Crippen molar-refractivity contribution in [1.29, 1.82) is 0 Å². The van der Waals surface area contributed by atoms with Gasteiger partial charge < -0.3 is 4.43 Å². The number of hydrogen-bond acceptors (Lipinski definition) is 1. The molecule has 18 heavy (non-hydrogen) atoms. The summed E-state index contributed by atoms with van der Waals surface area (Å²) >= 11 is 0.